The van der Waals surface area contributed by atoms with E-state index >= 15 is 0 Å². The molecule has 1 aromatic carbocycles. The number of nitrogens with one attached hydrogen (secondary N) is 1. The summed E-state index contributed by atoms with van der Waals surface area (Å²) >= 11 is 0. The molecule has 0 fully saturated rings. The van der Waals surface area contributed by atoms with Gasteiger partial charge in [0.15, 0.2) is 5.82 Å². The summed E-state index contributed by atoms with van der Waals surface area (Å²) in [5.74, 6) is 0.609. The zero-order valence-electron chi connectivity index (χ0n) is 16.8. The van der Waals surface area contributed by atoms with Gasteiger partial charge in [0, 0.05) is 55.8 Å². The Morgan fingerprint density at radius 2 is 1.75 bits per heavy atom. The van der Waals surface area contributed by atoms with Crippen molar-refractivity contribution < 1.29 is 13.2 Å². The van der Waals surface area contributed by atoms with E-state index in [0.717, 1.165) is 53.2 Å². The fraction of sp³-hybridized carbons (Fsp3) is 0.227. The number of H-pyrrole nitrogens is 1. The summed E-state index contributed by atoms with van der Waals surface area (Å²) in [5, 5.41) is 7.03. The molecule has 0 saturated heterocycles. The van der Waals surface area contributed by atoms with Crippen LogP contribution in [0.5, 0.6) is 0 Å². The van der Waals surface area contributed by atoms with E-state index < -0.39 is 11.7 Å². The van der Waals surface area contributed by atoms with Gasteiger partial charge in [0.2, 0.25) is 0 Å². The molecule has 162 valence electrons. The number of fused-ring (bicyclic) bond motifs is 1. The minimum atomic E-state index is -4.36. The minimum absolute atomic E-state index is 0.609. The van der Waals surface area contributed by atoms with Gasteiger partial charge in [-0.15, -0.1) is 0 Å². The number of nitrogens with zero attached hydrogens (tertiary/aromatic N) is 6. The Balaban J connectivity index is 1.32. The van der Waals surface area contributed by atoms with Gasteiger partial charge in [-0.25, -0.2) is 19.9 Å². The summed E-state index contributed by atoms with van der Waals surface area (Å²) in [6.07, 6.45) is 4.81. The van der Waals surface area contributed by atoms with Crippen LogP contribution in [0.4, 0.5) is 13.2 Å². The maximum atomic E-state index is 12.8. The molecule has 0 bridgehead atoms. The molecule has 3 aromatic heterocycles. The lowest BCUT2D eigenvalue weighted by Crippen LogP contribution is -2.31. The number of halogens is 3. The van der Waals surface area contributed by atoms with Crippen molar-refractivity contribution in [1.29, 1.82) is 0 Å². The van der Waals surface area contributed by atoms with E-state index in [1.165, 1.54) is 18.5 Å². The van der Waals surface area contributed by atoms with Crippen molar-refractivity contribution in [2.75, 3.05) is 6.54 Å². The zero-order valence-corrected chi connectivity index (χ0v) is 16.8. The van der Waals surface area contributed by atoms with Crippen LogP contribution >= 0.6 is 0 Å². The van der Waals surface area contributed by atoms with Gasteiger partial charge in [-0.2, -0.15) is 18.3 Å². The molecule has 0 spiro atoms. The topological polar surface area (TPSA) is 83.5 Å². The van der Waals surface area contributed by atoms with Gasteiger partial charge >= 0.3 is 6.18 Å². The van der Waals surface area contributed by atoms with Crippen LogP contribution in [0.2, 0.25) is 0 Å². The first-order chi connectivity index (χ1) is 15.5. The summed E-state index contributed by atoms with van der Waals surface area (Å²) < 4.78 is 38.5. The molecule has 5 rings (SSSR count). The molecular weight excluding hydrogens is 419 g/mol. The maximum absolute atomic E-state index is 12.8. The lowest BCUT2D eigenvalue weighted by molar-refractivity contribution is -0.137. The molecule has 32 heavy (non-hydrogen) atoms. The van der Waals surface area contributed by atoms with Crippen LogP contribution in [-0.2, 0) is 25.7 Å². The van der Waals surface area contributed by atoms with Crippen LogP contribution in [0.15, 0.2) is 55.4 Å². The SMILES string of the molecule is FC(F)(F)c1ccc(-c2[nH]ncc2CN2CCc3nc(-c4cncnc4)ncc3C2)cc1. The summed E-state index contributed by atoms with van der Waals surface area (Å²) in [6, 6.07) is 5.11. The summed E-state index contributed by atoms with van der Waals surface area (Å²) in [6.45, 7) is 2.09. The molecule has 0 saturated carbocycles. The van der Waals surface area contributed by atoms with E-state index in [2.05, 4.69) is 35.0 Å². The van der Waals surface area contributed by atoms with E-state index in [1.807, 2.05) is 6.20 Å². The highest BCUT2D eigenvalue weighted by Crippen LogP contribution is 2.32. The molecule has 4 aromatic rings. The Kier molecular flexibility index (Phi) is 5.14. The van der Waals surface area contributed by atoms with Crippen LogP contribution < -0.4 is 0 Å². The summed E-state index contributed by atoms with van der Waals surface area (Å²) in [7, 11) is 0. The molecular formula is C22H18F3N7. The molecule has 1 N–H and O–H groups in total. The van der Waals surface area contributed by atoms with Crippen LogP contribution in [0.1, 0.15) is 22.4 Å². The lowest BCUT2D eigenvalue weighted by Gasteiger charge is -2.28. The molecule has 0 unspecified atom stereocenters. The first-order valence-electron chi connectivity index (χ1n) is 10.00. The van der Waals surface area contributed by atoms with E-state index in [4.69, 9.17) is 0 Å². The van der Waals surface area contributed by atoms with Gasteiger partial charge in [0.1, 0.15) is 6.33 Å². The summed E-state index contributed by atoms with van der Waals surface area (Å²) in [4.78, 5) is 19.4. The highest BCUT2D eigenvalue weighted by Gasteiger charge is 2.30. The van der Waals surface area contributed by atoms with Crippen molar-refractivity contribution >= 4 is 0 Å². The Hall–Kier alpha value is -3.66. The minimum Gasteiger partial charge on any atom is -0.294 e. The number of hydrogen-bond donors (Lipinski definition) is 1. The van der Waals surface area contributed by atoms with Crippen molar-refractivity contribution in [3.63, 3.8) is 0 Å². The number of aromatic amines is 1. The fourth-order valence-corrected chi connectivity index (χ4v) is 3.81. The fourth-order valence-electron chi connectivity index (χ4n) is 3.81. The predicted octanol–water partition coefficient (Wildman–Crippen LogP) is 3.90. The van der Waals surface area contributed by atoms with E-state index in [9.17, 15) is 13.2 Å². The van der Waals surface area contributed by atoms with E-state index in [-0.39, 0.29) is 0 Å². The molecule has 0 amide bonds. The number of rotatable bonds is 4. The predicted molar refractivity (Wildman–Crippen MR) is 110 cm³/mol. The van der Waals surface area contributed by atoms with Crippen molar-refractivity contribution in [2.24, 2.45) is 0 Å². The van der Waals surface area contributed by atoms with Gasteiger partial charge < -0.3 is 0 Å². The Labute approximate surface area is 181 Å². The molecule has 1 aliphatic rings. The molecule has 7 nitrogen and oxygen atoms in total. The number of aromatic nitrogens is 6. The second kappa shape index (κ2) is 8.12. The third-order valence-electron chi connectivity index (χ3n) is 5.44. The van der Waals surface area contributed by atoms with E-state index in [0.29, 0.717) is 24.5 Å². The Morgan fingerprint density at radius 3 is 2.50 bits per heavy atom. The van der Waals surface area contributed by atoms with Crippen molar-refractivity contribution in [2.45, 2.75) is 25.7 Å². The zero-order chi connectivity index (χ0) is 22.1. The first-order valence-corrected chi connectivity index (χ1v) is 10.00. The lowest BCUT2D eigenvalue weighted by atomic mass is 10.0. The average molecular weight is 437 g/mol. The standard InChI is InChI=1S/C22H18F3N7/c23-22(24,25)18-3-1-14(2-4-18)20-17(10-29-31-20)12-32-6-5-19-16(11-32)9-28-21(30-19)15-7-26-13-27-8-15/h1-4,7-10,13H,5-6,11-12H2,(H,29,31). The van der Waals surface area contributed by atoms with Crippen molar-refractivity contribution in [3.8, 4) is 22.6 Å². The van der Waals surface area contributed by atoms with Gasteiger partial charge in [-0.05, 0) is 17.7 Å². The smallest absolute Gasteiger partial charge is 0.294 e. The van der Waals surface area contributed by atoms with Gasteiger partial charge in [0.25, 0.3) is 0 Å². The largest absolute Gasteiger partial charge is 0.416 e. The number of hydrogen-bond acceptors (Lipinski definition) is 6. The highest BCUT2D eigenvalue weighted by molar-refractivity contribution is 5.63. The normalized spacial score (nSPS) is 14.3. The number of benzene rings is 1. The molecule has 0 radical (unpaired) electrons. The van der Waals surface area contributed by atoms with Gasteiger partial charge in [0.05, 0.1) is 28.7 Å². The molecule has 10 heteroatoms. The second-order valence-corrected chi connectivity index (χ2v) is 7.60. The average Bonchev–Trinajstić information content (AvgIpc) is 3.27. The van der Waals surface area contributed by atoms with Crippen LogP contribution in [-0.4, -0.2) is 41.6 Å². The van der Waals surface area contributed by atoms with Gasteiger partial charge in [-0.1, -0.05) is 12.1 Å². The monoisotopic (exact) mass is 437 g/mol. The summed E-state index contributed by atoms with van der Waals surface area (Å²) in [5.41, 5.74) is 4.48. The van der Waals surface area contributed by atoms with Gasteiger partial charge in [-0.3, -0.25) is 10.00 Å². The van der Waals surface area contributed by atoms with E-state index in [1.54, 1.807) is 18.6 Å². The quantitative estimate of drug-likeness (QED) is 0.521. The first kappa shape index (κ1) is 20.3. The Bertz CT molecular complexity index is 1220. The third-order valence-corrected chi connectivity index (χ3v) is 5.44. The molecule has 0 atom stereocenters. The van der Waals surface area contributed by atoms with Crippen LogP contribution in [0.25, 0.3) is 22.6 Å². The highest BCUT2D eigenvalue weighted by atomic mass is 19.4. The molecule has 4 heterocycles. The van der Waals surface area contributed by atoms with Crippen molar-refractivity contribution in [3.05, 3.63) is 77.8 Å². The number of alkyl halides is 3. The van der Waals surface area contributed by atoms with Crippen LogP contribution in [0.3, 0.4) is 0 Å². The Morgan fingerprint density at radius 1 is 0.969 bits per heavy atom. The third kappa shape index (κ3) is 4.09. The van der Waals surface area contributed by atoms with Crippen LogP contribution in [0, 0.1) is 0 Å². The molecule has 1 aliphatic heterocycles. The second-order valence-electron chi connectivity index (χ2n) is 7.60. The van der Waals surface area contributed by atoms with Crippen molar-refractivity contribution in [1.82, 2.24) is 35.0 Å². The molecule has 0 aliphatic carbocycles. The maximum Gasteiger partial charge on any atom is 0.416 e.